The fraction of sp³-hybridized carbons (Fsp3) is 0.417. The SMILES string of the molecule is N#CCCCOc1cccc(CCN)c1. The number of ether oxygens (including phenoxy) is 1. The van der Waals surface area contributed by atoms with Crippen molar-refractivity contribution in [3.05, 3.63) is 29.8 Å². The minimum atomic E-state index is 0.544. The molecule has 3 heteroatoms. The van der Waals surface area contributed by atoms with E-state index in [1.165, 1.54) is 5.56 Å². The molecule has 2 N–H and O–H groups in total. The highest BCUT2D eigenvalue weighted by Crippen LogP contribution is 2.13. The Morgan fingerprint density at radius 3 is 3.00 bits per heavy atom. The van der Waals surface area contributed by atoms with E-state index in [-0.39, 0.29) is 0 Å². The highest BCUT2D eigenvalue weighted by molar-refractivity contribution is 5.28. The summed E-state index contributed by atoms with van der Waals surface area (Å²) in [5.41, 5.74) is 6.66. The van der Waals surface area contributed by atoms with Crippen LogP contribution in [0, 0.1) is 11.3 Å². The standard InChI is InChI=1S/C12H16N2O/c13-7-1-2-9-15-12-5-3-4-11(10-12)6-8-14/h3-5,10H,1-2,6,8-9,14H2. The molecule has 1 rings (SSSR count). The Labute approximate surface area is 90.5 Å². The van der Waals surface area contributed by atoms with Crippen molar-refractivity contribution in [2.75, 3.05) is 13.2 Å². The lowest BCUT2D eigenvalue weighted by Gasteiger charge is -2.06. The first-order valence-corrected chi connectivity index (χ1v) is 5.15. The van der Waals surface area contributed by atoms with Gasteiger partial charge in [0.25, 0.3) is 0 Å². The van der Waals surface area contributed by atoms with Crippen molar-refractivity contribution in [2.24, 2.45) is 5.73 Å². The molecule has 0 atom stereocenters. The van der Waals surface area contributed by atoms with Gasteiger partial charge in [-0.3, -0.25) is 0 Å². The summed E-state index contributed by atoms with van der Waals surface area (Å²) in [7, 11) is 0. The molecule has 0 aliphatic rings. The zero-order chi connectivity index (χ0) is 10.9. The lowest BCUT2D eigenvalue weighted by atomic mass is 10.1. The van der Waals surface area contributed by atoms with Crippen molar-refractivity contribution in [2.45, 2.75) is 19.3 Å². The monoisotopic (exact) mass is 204 g/mol. The second kappa shape index (κ2) is 6.86. The van der Waals surface area contributed by atoms with Crippen LogP contribution in [0.3, 0.4) is 0 Å². The van der Waals surface area contributed by atoms with E-state index in [0.717, 1.165) is 18.6 Å². The smallest absolute Gasteiger partial charge is 0.119 e. The second-order valence-electron chi connectivity index (χ2n) is 3.30. The molecule has 0 aliphatic carbocycles. The van der Waals surface area contributed by atoms with Crippen LogP contribution in [0.1, 0.15) is 18.4 Å². The quantitative estimate of drug-likeness (QED) is 0.719. The minimum Gasteiger partial charge on any atom is -0.494 e. The van der Waals surface area contributed by atoms with E-state index >= 15 is 0 Å². The molecular weight excluding hydrogens is 188 g/mol. The maximum absolute atomic E-state index is 8.36. The van der Waals surface area contributed by atoms with Crippen molar-refractivity contribution in [1.82, 2.24) is 0 Å². The highest BCUT2D eigenvalue weighted by Gasteiger charge is 1.96. The molecule has 1 aromatic rings. The Hall–Kier alpha value is -1.53. The van der Waals surface area contributed by atoms with E-state index in [9.17, 15) is 0 Å². The lowest BCUT2D eigenvalue weighted by Crippen LogP contribution is -2.03. The first-order chi connectivity index (χ1) is 7.36. The maximum atomic E-state index is 8.36. The largest absolute Gasteiger partial charge is 0.494 e. The van der Waals surface area contributed by atoms with Crippen molar-refractivity contribution in [3.63, 3.8) is 0 Å². The molecule has 0 radical (unpaired) electrons. The third-order valence-electron chi connectivity index (χ3n) is 2.03. The molecule has 0 amide bonds. The van der Waals surface area contributed by atoms with Crippen molar-refractivity contribution in [3.8, 4) is 11.8 Å². The van der Waals surface area contributed by atoms with Gasteiger partial charge in [-0.05, 0) is 37.1 Å². The molecule has 80 valence electrons. The second-order valence-corrected chi connectivity index (χ2v) is 3.30. The first kappa shape index (κ1) is 11.5. The maximum Gasteiger partial charge on any atom is 0.119 e. The summed E-state index contributed by atoms with van der Waals surface area (Å²) in [5.74, 6) is 0.860. The van der Waals surface area contributed by atoms with E-state index in [1.54, 1.807) is 0 Å². The molecule has 0 bridgehead atoms. The van der Waals surface area contributed by atoms with Gasteiger partial charge in [0.05, 0.1) is 12.7 Å². The van der Waals surface area contributed by atoms with Crippen molar-refractivity contribution in [1.29, 1.82) is 5.26 Å². The zero-order valence-corrected chi connectivity index (χ0v) is 8.78. The number of nitrogens with zero attached hydrogens (tertiary/aromatic N) is 1. The fourth-order valence-corrected chi connectivity index (χ4v) is 1.30. The Morgan fingerprint density at radius 1 is 1.40 bits per heavy atom. The predicted octanol–water partition coefficient (Wildman–Crippen LogP) is 1.87. The summed E-state index contributed by atoms with van der Waals surface area (Å²) < 4.78 is 5.50. The third-order valence-corrected chi connectivity index (χ3v) is 2.03. The van der Waals surface area contributed by atoms with E-state index in [1.807, 2.05) is 24.3 Å². The lowest BCUT2D eigenvalue weighted by molar-refractivity contribution is 0.312. The zero-order valence-electron chi connectivity index (χ0n) is 8.78. The van der Waals surface area contributed by atoms with E-state index in [0.29, 0.717) is 19.6 Å². The molecule has 0 heterocycles. The number of hydrogen-bond donors (Lipinski definition) is 1. The summed E-state index contributed by atoms with van der Waals surface area (Å²) in [6.07, 6.45) is 2.19. The number of hydrogen-bond acceptors (Lipinski definition) is 3. The Bertz CT molecular complexity index is 331. The molecular formula is C12H16N2O. The van der Waals surface area contributed by atoms with Gasteiger partial charge in [0.15, 0.2) is 0 Å². The Kier molecular flexibility index (Phi) is 5.28. The van der Waals surface area contributed by atoms with Crippen LogP contribution in [0.4, 0.5) is 0 Å². The molecule has 0 saturated carbocycles. The van der Waals surface area contributed by atoms with Gasteiger partial charge in [-0.1, -0.05) is 12.1 Å². The number of benzene rings is 1. The highest BCUT2D eigenvalue weighted by atomic mass is 16.5. The molecule has 0 aromatic heterocycles. The number of nitrogens with two attached hydrogens (primary N) is 1. The van der Waals surface area contributed by atoms with E-state index < -0.39 is 0 Å². The molecule has 0 spiro atoms. The van der Waals surface area contributed by atoms with Crippen LogP contribution in [0.25, 0.3) is 0 Å². The number of rotatable bonds is 6. The topological polar surface area (TPSA) is 59.0 Å². The van der Waals surface area contributed by atoms with E-state index in [4.69, 9.17) is 15.7 Å². The van der Waals surface area contributed by atoms with Crippen LogP contribution in [0.5, 0.6) is 5.75 Å². The predicted molar refractivity (Wildman–Crippen MR) is 59.5 cm³/mol. The molecule has 0 saturated heterocycles. The normalized spacial score (nSPS) is 9.60. The fourth-order valence-electron chi connectivity index (χ4n) is 1.30. The van der Waals surface area contributed by atoms with Crippen LogP contribution < -0.4 is 10.5 Å². The molecule has 0 aliphatic heterocycles. The van der Waals surface area contributed by atoms with E-state index in [2.05, 4.69) is 6.07 Å². The molecule has 15 heavy (non-hydrogen) atoms. The molecule has 3 nitrogen and oxygen atoms in total. The average molecular weight is 204 g/mol. The summed E-state index contributed by atoms with van der Waals surface area (Å²) in [4.78, 5) is 0. The number of nitriles is 1. The Balaban J connectivity index is 2.40. The first-order valence-electron chi connectivity index (χ1n) is 5.15. The number of unbranched alkanes of at least 4 members (excludes halogenated alkanes) is 1. The summed E-state index contributed by atoms with van der Waals surface area (Å²) in [6, 6.07) is 10.0. The van der Waals surface area contributed by atoms with Gasteiger partial charge >= 0.3 is 0 Å². The summed E-state index contributed by atoms with van der Waals surface area (Å²) in [5, 5.41) is 8.36. The average Bonchev–Trinajstić information content (AvgIpc) is 2.26. The molecule has 0 fully saturated rings. The third kappa shape index (κ3) is 4.48. The van der Waals surface area contributed by atoms with Gasteiger partial charge < -0.3 is 10.5 Å². The van der Waals surface area contributed by atoms with Crippen LogP contribution in [-0.2, 0) is 6.42 Å². The van der Waals surface area contributed by atoms with Gasteiger partial charge in [0.1, 0.15) is 5.75 Å². The van der Waals surface area contributed by atoms with Crippen LogP contribution in [-0.4, -0.2) is 13.2 Å². The molecule has 0 unspecified atom stereocenters. The Morgan fingerprint density at radius 2 is 2.27 bits per heavy atom. The summed E-state index contributed by atoms with van der Waals surface area (Å²) >= 11 is 0. The van der Waals surface area contributed by atoms with Crippen molar-refractivity contribution >= 4 is 0 Å². The van der Waals surface area contributed by atoms with Crippen LogP contribution in [0.15, 0.2) is 24.3 Å². The van der Waals surface area contributed by atoms with Gasteiger partial charge in [-0.25, -0.2) is 0 Å². The van der Waals surface area contributed by atoms with Crippen LogP contribution in [0.2, 0.25) is 0 Å². The van der Waals surface area contributed by atoms with Gasteiger partial charge in [0, 0.05) is 6.42 Å². The molecule has 1 aromatic carbocycles. The van der Waals surface area contributed by atoms with Crippen LogP contribution >= 0.6 is 0 Å². The van der Waals surface area contributed by atoms with Gasteiger partial charge in [0.2, 0.25) is 0 Å². The van der Waals surface area contributed by atoms with Gasteiger partial charge in [-0.15, -0.1) is 0 Å². The minimum absolute atomic E-state index is 0.544. The van der Waals surface area contributed by atoms with Gasteiger partial charge in [-0.2, -0.15) is 5.26 Å². The summed E-state index contributed by atoms with van der Waals surface area (Å²) in [6.45, 7) is 1.25. The van der Waals surface area contributed by atoms with Crippen molar-refractivity contribution < 1.29 is 4.74 Å².